The Hall–Kier alpha value is -3.44. The predicted octanol–water partition coefficient (Wildman–Crippen LogP) is 2.66. The molecule has 0 atom stereocenters. The third kappa shape index (κ3) is 4.55. The molecule has 0 saturated carbocycles. The van der Waals surface area contributed by atoms with Crippen LogP contribution in [0.15, 0.2) is 56.9 Å². The van der Waals surface area contributed by atoms with Gasteiger partial charge in [0.05, 0.1) is 22.1 Å². The van der Waals surface area contributed by atoms with E-state index in [0.717, 1.165) is 26.6 Å². The lowest BCUT2D eigenvalue weighted by molar-refractivity contribution is -0.384. The zero-order chi connectivity index (χ0) is 24.7. The lowest BCUT2D eigenvalue weighted by Crippen LogP contribution is -2.40. The van der Waals surface area contributed by atoms with E-state index in [-0.39, 0.29) is 22.2 Å². The topological polar surface area (TPSA) is 125 Å². The second-order valence-electron chi connectivity index (χ2n) is 7.55. The molecule has 0 radical (unpaired) electrons. The summed E-state index contributed by atoms with van der Waals surface area (Å²) in [4.78, 5) is 34.8. The first-order chi connectivity index (χ1) is 15.3. The SMILES string of the molecule is Cc1ccc(N(Cc2cc(=O)n(C)c(=O)n2C)S(=O)(=O)c2ccc(Cl)c([N+](=O)[O-])c2)c(C)c1. The number of aryl methyl sites for hydroxylation is 2. The van der Waals surface area contributed by atoms with Crippen molar-refractivity contribution in [2.75, 3.05) is 4.31 Å². The maximum absolute atomic E-state index is 13.7. The van der Waals surface area contributed by atoms with Crippen LogP contribution in [0.3, 0.4) is 0 Å². The fraction of sp³-hybridized carbons (Fsp3) is 0.238. The van der Waals surface area contributed by atoms with E-state index in [9.17, 15) is 28.1 Å². The number of nitro groups is 1. The van der Waals surface area contributed by atoms with Crippen LogP contribution in [0.5, 0.6) is 0 Å². The lowest BCUT2D eigenvalue weighted by atomic mass is 10.1. The fourth-order valence-electron chi connectivity index (χ4n) is 3.38. The molecule has 33 heavy (non-hydrogen) atoms. The Morgan fingerprint density at radius 3 is 2.30 bits per heavy atom. The molecule has 0 aliphatic carbocycles. The number of nitro benzene ring substituents is 1. The van der Waals surface area contributed by atoms with Gasteiger partial charge in [-0.15, -0.1) is 0 Å². The minimum Gasteiger partial charge on any atom is -0.299 e. The molecule has 0 bridgehead atoms. The average Bonchev–Trinajstić information content (AvgIpc) is 2.74. The van der Waals surface area contributed by atoms with E-state index in [1.54, 1.807) is 25.1 Å². The lowest BCUT2D eigenvalue weighted by Gasteiger charge is -2.27. The molecular formula is C21H21ClN4O6S. The quantitative estimate of drug-likeness (QED) is 0.385. The number of nitrogens with zero attached hydrogens (tertiary/aromatic N) is 4. The number of hydrogen-bond acceptors (Lipinski definition) is 6. The van der Waals surface area contributed by atoms with E-state index >= 15 is 0 Å². The fourth-order valence-corrected chi connectivity index (χ4v) is 5.09. The molecule has 0 unspecified atom stereocenters. The molecular weight excluding hydrogens is 472 g/mol. The van der Waals surface area contributed by atoms with E-state index < -0.39 is 31.9 Å². The van der Waals surface area contributed by atoms with E-state index in [0.29, 0.717) is 11.3 Å². The van der Waals surface area contributed by atoms with Gasteiger partial charge in [-0.2, -0.15) is 0 Å². The minimum atomic E-state index is -4.37. The van der Waals surface area contributed by atoms with E-state index in [1.165, 1.54) is 30.8 Å². The van der Waals surface area contributed by atoms with E-state index in [1.807, 2.05) is 6.92 Å². The summed E-state index contributed by atoms with van der Waals surface area (Å²) in [5.74, 6) is 0. The van der Waals surface area contributed by atoms with Crippen molar-refractivity contribution < 1.29 is 13.3 Å². The number of rotatable bonds is 6. The molecule has 3 rings (SSSR count). The summed E-state index contributed by atoms with van der Waals surface area (Å²) in [5, 5.41) is 11.1. The highest BCUT2D eigenvalue weighted by Crippen LogP contribution is 2.32. The van der Waals surface area contributed by atoms with E-state index in [2.05, 4.69) is 0 Å². The van der Waals surface area contributed by atoms with Gasteiger partial charge >= 0.3 is 5.69 Å². The Bertz CT molecular complexity index is 1490. The summed E-state index contributed by atoms with van der Waals surface area (Å²) >= 11 is 5.86. The molecule has 0 N–H and O–H groups in total. The number of sulfonamides is 1. The Morgan fingerprint density at radius 2 is 1.70 bits per heavy atom. The van der Waals surface area contributed by atoms with Crippen LogP contribution in [0.4, 0.5) is 11.4 Å². The largest absolute Gasteiger partial charge is 0.330 e. The summed E-state index contributed by atoms with van der Waals surface area (Å²) in [6.07, 6.45) is 0. The van der Waals surface area contributed by atoms with Gasteiger partial charge < -0.3 is 0 Å². The van der Waals surface area contributed by atoms with Crippen LogP contribution >= 0.6 is 11.6 Å². The van der Waals surface area contributed by atoms with Crippen molar-refractivity contribution in [3.8, 4) is 0 Å². The number of anilines is 1. The molecule has 0 spiro atoms. The molecule has 10 nitrogen and oxygen atoms in total. The molecule has 0 fully saturated rings. The highest BCUT2D eigenvalue weighted by molar-refractivity contribution is 7.92. The smallest absolute Gasteiger partial charge is 0.299 e. The third-order valence-corrected chi connectivity index (χ3v) is 7.33. The summed E-state index contributed by atoms with van der Waals surface area (Å²) in [7, 11) is -1.62. The predicted molar refractivity (Wildman–Crippen MR) is 124 cm³/mol. The number of benzene rings is 2. The standard InChI is InChI=1S/C21H21ClN4O6S/c1-13-5-8-18(14(2)9-13)25(12-15-10-20(27)24(4)21(28)23(15)3)33(31,32)16-6-7-17(22)19(11-16)26(29)30/h5-11H,12H2,1-4H3. The highest BCUT2D eigenvalue weighted by Gasteiger charge is 2.30. The van der Waals surface area contributed by atoms with Crippen molar-refractivity contribution in [3.63, 3.8) is 0 Å². The van der Waals surface area contributed by atoms with Gasteiger partial charge in [-0.3, -0.25) is 28.3 Å². The minimum absolute atomic E-state index is 0.148. The monoisotopic (exact) mass is 492 g/mol. The van der Waals surface area contributed by atoms with Gasteiger partial charge in [-0.1, -0.05) is 29.3 Å². The van der Waals surface area contributed by atoms with Crippen molar-refractivity contribution in [2.24, 2.45) is 14.1 Å². The van der Waals surface area contributed by atoms with Gasteiger partial charge in [0.1, 0.15) is 5.02 Å². The van der Waals surface area contributed by atoms with Crippen molar-refractivity contribution in [3.05, 3.63) is 95.3 Å². The molecule has 12 heteroatoms. The Labute approximate surface area is 194 Å². The van der Waals surface area contributed by atoms with Crippen LogP contribution < -0.4 is 15.6 Å². The number of halogens is 1. The molecule has 174 valence electrons. The molecule has 0 amide bonds. The second kappa shape index (κ2) is 8.83. The molecule has 1 heterocycles. The Kier molecular flexibility index (Phi) is 6.48. The van der Waals surface area contributed by atoms with Gasteiger partial charge in [-0.25, -0.2) is 13.2 Å². The van der Waals surface area contributed by atoms with Crippen molar-refractivity contribution in [1.29, 1.82) is 0 Å². The van der Waals surface area contributed by atoms with Crippen LogP contribution in [0, 0.1) is 24.0 Å². The summed E-state index contributed by atoms with van der Waals surface area (Å²) < 4.78 is 30.5. The third-order valence-electron chi connectivity index (χ3n) is 5.25. The zero-order valence-electron chi connectivity index (χ0n) is 18.3. The van der Waals surface area contributed by atoms with Crippen molar-refractivity contribution in [2.45, 2.75) is 25.3 Å². The van der Waals surface area contributed by atoms with Gasteiger partial charge in [0.2, 0.25) is 0 Å². The summed E-state index contributed by atoms with van der Waals surface area (Å²) in [5.41, 5.74) is 0.208. The van der Waals surface area contributed by atoms with Crippen LogP contribution in [-0.4, -0.2) is 22.5 Å². The molecule has 0 aliphatic heterocycles. The Balaban J connectivity index is 2.26. The summed E-state index contributed by atoms with van der Waals surface area (Å²) in [6.45, 7) is 3.21. The Morgan fingerprint density at radius 1 is 1.03 bits per heavy atom. The van der Waals surface area contributed by atoms with E-state index in [4.69, 9.17) is 11.6 Å². The van der Waals surface area contributed by atoms with Gasteiger partial charge in [0.25, 0.3) is 21.3 Å². The van der Waals surface area contributed by atoms with Crippen molar-refractivity contribution in [1.82, 2.24) is 9.13 Å². The van der Waals surface area contributed by atoms with Crippen LogP contribution in [0.2, 0.25) is 5.02 Å². The average molecular weight is 493 g/mol. The van der Waals surface area contributed by atoms with Gasteiger partial charge in [0.15, 0.2) is 0 Å². The summed E-state index contributed by atoms with van der Waals surface area (Å²) in [6, 6.07) is 9.48. The first-order valence-corrected chi connectivity index (χ1v) is 11.5. The molecule has 1 aromatic heterocycles. The molecule has 2 aromatic carbocycles. The van der Waals surface area contributed by atoms with Gasteiger partial charge in [0, 0.05) is 31.9 Å². The molecule has 3 aromatic rings. The maximum Gasteiger partial charge on any atom is 0.330 e. The zero-order valence-corrected chi connectivity index (χ0v) is 19.8. The molecule has 0 saturated heterocycles. The van der Waals surface area contributed by atoms with Gasteiger partial charge in [-0.05, 0) is 37.6 Å². The normalized spacial score (nSPS) is 11.4. The number of aromatic nitrogens is 2. The maximum atomic E-state index is 13.7. The highest BCUT2D eigenvalue weighted by atomic mass is 35.5. The van der Waals surface area contributed by atoms with Crippen LogP contribution in [0.1, 0.15) is 16.8 Å². The van der Waals surface area contributed by atoms with Crippen molar-refractivity contribution >= 4 is 33.0 Å². The molecule has 0 aliphatic rings. The first-order valence-electron chi connectivity index (χ1n) is 9.64. The first kappa shape index (κ1) is 24.2. The van der Waals surface area contributed by atoms with Crippen LogP contribution in [-0.2, 0) is 30.7 Å². The number of hydrogen-bond donors (Lipinski definition) is 0. The van der Waals surface area contributed by atoms with Crippen LogP contribution in [0.25, 0.3) is 0 Å². The second-order valence-corrected chi connectivity index (χ2v) is 9.82.